The zero-order chi connectivity index (χ0) is 18.6. The molecule has 2 aromatic carbocycles. The van der Waals surface area contributed by atoms with Crippen LogP contribution in [0.15, 0.2) is 36.4 Å². The summed E-state index contributed by atoms with van der Waals surface area (Å²) in [5, 5.41) is 2.84. The summed E-state index contributed by atoms with van der Waals surface area (Å²) in [4.78, 5) is 12.1. The third-order valence-electron chi connectivity index (χ3n) is 3.55. The Kier molecular flexibility index (Phi) is 6.02. The fraction of sp³-hybridized carbons (Fsp3) is 0.235. The molecule has 134 valence electrons. The van der Waals surface area contributed by atoms with Crippen molar-refractivity contribution in [3.05, 3.63) is 58.4 Å². The van der Waals surface area contributed by atoms with Crippen molar-refractivity contribution in [2.45, 2.75) is 20.3 Å². The first-order chi connectivity index (χ1) is 11.7. The zero-order valence-corrected chi connectivity index (χ0v) is 15.3. The molecule has 0 unspecified atom stereocenters. The van der Waals surface area contributed by atoms with Crippen LogP contribution < -0.4 is 10.0 Å². The quantitative estimate of drug-likeness (QED) is 0.796. The van der Waals surface area contributed by atoms with Crippen molar-refractivity contribution >= 4 is 38.9 Å². The van der Waals surface area contributed by atoms with Crippen molar-refractivity contribution < 1.29 is 17.6 Å². The topological polar surface area (TPSA) is 75.3 Å². The van der Waals surface area contributed by atoms with E-state index in [-0.39, 0.29) is 22.8 Å². The highest BCUT2D eigenvalue weighted by Gasteiger charge is 2.13. The number of rotatable bonds is 6. The van der Waals surface area contributed by atoms with Crippen LogP contribution in [0, 0.1) is 12.7 Å². The fourth-order valence-corrected chi connectivity index (χ4v) is 3.10. The number of sulfonamides is 1. The lowest BCUT2D eigenvalue weighted by Gasteiger charge is -2.12. The van der Waals surface area contributed by atoms with Crippen LogP contribution in [0.4, 0.5) is 15.8 Å². The Balaban J connectivity index is 2.10. The number of aryl methyl sites for hydroxylation is 1. The molecule has 2 N–H and O–H groups in total. The van der Waals surface area contributed by atoms with Crippen molar-refractivity contribution in [3.63, 3.8) is 0 Å². The SMILES string of the molecule is CCS(=O)(=O)Nc1ccc(NC(=O)Cc2c(F)cccc2Cl)cc1C. The minimum Gasteiger partial charge on any atom is -0.326 e. The molecule has 0 aliphatic carbocycles. The largest absolute Gasteiger partial charge is 0.326 e. The van der Waals surface area contributed by atoms with E-state index in [1.54, 1.807) is 32.0 Å². The van der Waals surface area contributed by atoms with E-state index in [9.17, 15) is 17.6 Å². The minimum absolute atomic E-state index is 0.0334. The van der Waals surface area contributed by atoms with Gasteiger partial charge < -0.3 is 5.32 Å². The molecule has 0 atom stereocenters. The third kappa shape index (κ3) is 5.17. The molecule has 5 nitrogen and oxygen atoms in total. The molecule has 0 radical (unpaired) electrons. The summed E-state index contributed by atoms with van der Waals surface area (Å²) in [7, 11) is -3.37. The summed E-state index contributed by atoms with van der Waals surface area (Å²) in [5.41, 5.74) is 1.70. The average molecular weight is 385 g/mol. The molecule has 2 rings (SSSR count). The van der Waals surface area contributed by atoms with Crippen LogP contribution in [0.1, 0.15) is 18.1 Å². The van der Waals surface area contributed by atoms with Gasteiger partial charge in [-0.05, 0) is 49.7 Å². The van der Waals surface area contributed by atoms with Gasteiger partial charge in [-0.25, -0.2) is 12.8 Å². The number of halogens is 2. The molecule has 0 spiro atoms. The smallest absolute Gasteiger partial charge is 0.232 e. The molecular weight excluding hydrogens is 367 g/mol. The van der Waals surface area contributed by atoms with E-state index in [0.717, 1.165) is 0 Å². The van der Waals surface area contributed by atoms with Gasteiger partial charge in [-0.2, -0.15) is 0 Å². The van der Waals surface area contributed by atoms with Crippen LogP contribution in [0.2, 0.25) is 5.02 Å². The molecule has 2 aromatic rings. The van der Waals surface area contributed by atoms with E-state index in [0.29, 0.717) is 16.9 Å². The van der Waals surface area contributed by atoms with E-state index in [1.165, 1.54) is 18.2 Å². The van der Waals surface area contributed by atoms with Gasteiger partial charge in [-0.3, -0.25) is 9.52 Å². The lowest BCUT2D eigenvalue weighted by atomic mass is 10.1. The number of amides is 1. The number of carbonyl (C=O) groups is 1. The fourth-order valence-electron chi connectivity index (χ4n) is 2.16. The molecular formula is C17H18ClFN2O3S. The maximum atomic E-state index is 13.7. The van der Waals surface area contributed by atoms with Crippen molar-refractivity contribution in [1.29, 1.82) is 0 Å². The minimum atomic E-state index is -3.37. The van der Waals surface area contributed by atoms with Gasteiger partial charge in [-0.15, -0.1) is 0 Å². The van der Waals surface area contributed by atoms with Crippen molar-refractivity contribution in [2.75, 3.05) is 15.8 Å². The molecule has 0 heterocycles. The van der Waals surface area contributed by atoms with Crippen LogP contribution in [0.25, 0.3) is 0 Å². The summed E-state index contributed by atoms with van der Waals surface area (Å²) < 4.78 is 39.4. The Hall–Kier alpha value is -2.12. The monoisotopic (exact) mass is 384 g/mol. The lowest BCUT2D eigenvalue weighted by molar-refractivity contribution is -0.115. The molecule has 0 aliphatic rings. The molecule has 1 amide bonds. The number of hydrogen-bond donors (Lipinski definition) is 2. The van der Waals surface area contributed by atoms with Crippen molar-refractivity contribution in [2.24, 2.45) is 0 Å². The Morgan fingerprint density at radius 2 is 1.96 bits per heavy atom. The third-order valence-corrected chi connectivity index (χ3v) is 5.20. The first-order valence-electron chi connectivity index (χ1n) is 7.55. The molecule has 0 aromatic heterocycles. The van der Waals surface area contributed by atoms with Crippen LogP contribution in [-0.2, 0) is 21.2 Å². The summed E-state index contributed by atoms with van der Waals surface area (Å²) >= 11 is 5.91. The second-order valence-corrected chi connectivity index (χ2v) is 7.88. The van der Waals surface area contributed by atoms with Gasteiger partial charge in [0.15, 0.2) is 0 Å². The second-order valence-electron chi connectivity index (χ2n) is 5.46. The average Bonchev–Trinajstić information content (AvgIpc) is 2.54. The summed E-state index contributed by atoms with van der Waals surface area (Å²) in [6.07, 6.45) is -0.200. The van der Waals surface area contributed by atoms with Gasteiger partial charge in [0.2, 0.25) is 15.9 Å². The summed E-state index contributed by atoms with van der Waals surface area (Å²) in [5.74, 6) is -0.995. The predicted molar refractivity (Wildman–Crippen MR) is 98.0 cm³/mol. The number of anilines is 2. The van der Waals surface area contributed by atoms with Gasteiger partial charge in [0.05, 0.1) is 17.9 Å². The van der Waals surface area contributed by atoms with Crippen LogP contribution in [0.3, 0.4) is 0 Å². The summed E-state index contributed by atoms with van der Waals surface area (Å²) in [6, 6.07) is 9.00. The maximum Gasteiger partial charge on any atom is 0.232 e. The van der Waals surface area contributed by atoms with Gasteiger partial charge >= 0.3 is 0 Å². The predicted octanol–water partition coefficient (Wildman–Crippen LogP) is 3.73. The first kappa shape index (κ1) is 19.2. The Labute approximate surface area is 151 Å². The Morgan fingerprint density at radius 3 is 2.56 bits per heavy atom. The van der Waals surface area contributed by atoms with Crippen molar-refractivity contribution in [1.82, 2.24) is 0 Å². The second kappa shape index (κ2) is 7.84. The molecule has 0 saturated carbocycles. The number of benzene rings is 2. The molecule has 0 fully saturated rings. The highest BCUT2D eigenvalue weighted by atomic mass is 35.5. The number of nitrogens with one attached hydrogen (secondary N) is 2. The zero-order valence-electron chi connectivity index (χ0n) is 13.8. The van der Waals surface area contributed by atoms with E-state index in [4.69, 9.17) is 11.6 Å². The molecule has 0 saturated heterocycles. The Bertz CT molecular complexity index is 881. The highest BCUT2D eigenvalue weighted by molar-refractivity contribution is 7.92. The molecule has 8 heteroatoms. The van der Waals surface area contributed by atoms with E-state index in [2.05, 4.69) is 10.0 Å². The molecule has 0 aliphatic heterocycles. The summed E-state index contributed by atoms with van der Waals surface area (Å²) in [6.45, 7) is 3.26. The van der Waals surface area contributed by atoms with Crippen LogP contribution in [-0.4, -0.2) is 20.1 Å². The van der Waals surface area contributed by atoms with Gasteiger partial charge in [0.1, 0.15) is 5.82 Å². The lowest BCUT2D eigenvalue weighted by Crippen LogP contribution is -2.17. The van der Waals surface area contributed by atoms with E-state index < -0.39 is 21.7 Å². The highest BCUT2D eigenvalue weighted by Crippen LogP contribution is 2.23. The normalized spacial score (nSPS) is 11.2. The number of carbonyl (C=O) groups excluding carboxylic acids is 1. The van der Waals surface area contributed by atoms with E-state index >= 15 is 0 Å². The van der Waals surface area contributed by atoms with Gasteiger partial charge in [0.25, 0.3) is 0 Å². The number of hydrogen-bond acceptors (Lipinski definition) is 3. The molecule has 0 bridgehead atoms. The molecule has 25 heavy (non-hydrogen) atoms. The standard InChI is InChI=1S/C17H18ClFN2O3S/c1-3-25(23,24)21-16-8-7-12(9-11(16)2)20-17(22)10-13-14(18)5-4-6-15(13)19/h4-9,21H,3,10H2,1-2H3,(H,20,22). The van der Waals surface area contributed by atoms with Crippen LogP contribution in [0.5, 0.6) is 0 Å². The maximum absolute atomic E-state index is 13.7. The van der Waals surface area contributed by atoms with Gasteiger partial charge in [-0.1, -0.05) is 17.7 Å². The first-order valence-corrected chi connectivity index (χ1v) is 9.58. The van der Waals surface area contributed by atoms with Crippen LogP contribution >= 0.6 is 11.6 Å². The van der Waals surface area contributed by atoms with Gasteiger partial charge in [0, 0.05) is 16.3 Å². The Morgan fingerprint density at radius 1 is 1.24 bits per heavy atom. The van der Waals surface area contributed by atoms with Crippen molar-refractivity contribution in [3.8, 4) is 0 Å². The van der Waals surface area contributed by atoms with E-state index in [1.807, 2.05) is 0 Å².